The Bertz CT molecular complexity index is 1320. The number of thiazole rings is 1. The molecule has 1 aliphatic heterocycles. The second kappa shape index (κ2) is 12.3. The third-order valence-electron chi connectivity index (χ3n) is 5.41. The Morgan fingerprint density at radius 2 is 1.66 bits per heavy atom. The maximum Gasteiger partial charge on any atom is 0.326 e. The fourth-order valence-corrected chi connectivity index (χ4v) is 4.67. The Labute approximate surface area is 230 Å². The predicted molar refractivity (Wildman–Crippen MR) is 139 cm³/mol. The summed E-state index contributed by atoms with van der Waals surface area (Å²) in [5.74, 6) is -3.24. The summed E-state index contributed by atoms with van der Waals surface area (Å²) in [6.45, 7) is -0.307. The minimum atomic E-state index is -1.34. The lowest BCUT2D eigenvalue weighted by Gasteiger charge is -2.19. The number of aromatic nitrogens is 1. The van der Waals surface area contributed by atoms with Gasteiger partial charge in [-0.15, -0.1) is 11.3 Å². The molecule has 4 rings (SSSR count). The van der Waals surface area contributed by atoms with Gasteiger partial charge in [-0.25, -0.2) is 9.78 Å². The molecular formula is C24H20Cl2N4O7S. The molecule has 1 saturated heterocycles. The fourth-order valence-electron chi connectivity index (χ4n) is 3.57. The number of ether oxygens (including phenoxy) is 2. The van der Waals surface area contributed by atoms with E-state index in [2.05, 4.69) is 20.9 Å². The second-order valence-corrected chi connectivity index (χ2v) is 9.68. The maximum atomic E-state index is 12.8. The van der Waals surface area contributed by atoms with Gasteiger partial charge in [0.1, 0.15) is 12.8 Å². The van der Waals surface area contributed by atoms with Crippen molar-refractivity contribution in [3.05, 3.63) is 75.2 Å². The van der Waals surface area contributed by atoms with E-state index in [0.717, 1.165) is 0 Å². The number of carboxylic acids is 1. The zero-order chi connectivity index (χ0) is 27.2. The average Bonchev–Trinajstić information content (AvgIpc) is 3.57. The van der Waals surface area contributed by atoms with E-state index in [9.17, 15) is 24.3 Å². The molecule has 1 aliphatic rings. The van der Waals surface area contributed by atoms with Crippen LogP contribution in [0.25, 0.3) is 0 Å². The summed E-state index contributed by atoms with van der Waals surface area (Å²) >= 11 is 13.3. The summed E-state index contributed by atoms with van der Waals surface area (Å²) in [4.78, 5) is 53.6. The number of aliphatic carboxylic acids is 1. The third-order valence-corrected chi connectivity index (χ3v) is 6.72. The second-order valence-electron chi connectivity index (χ2n) is 7.97. The summed E-state index contributed by atoms with van der Waals surface area (Å²) in [5, 5.41) is 19.7. The smallest absolute Gasteiger partial charge is 0.326 e. The number of nitrogens with one attached hydrogen (secondary N) is 3. The number of halogens is 2. The number of carbonyl (C=O) groups is 4. The lowest BCUT2D eigenvalue weighted by Crippen LogP contribution is -2.51. The standard InChI is InChI=1S/C24H20Cl2N4O7S/c25-14-2-1-3-15(26)17(14)20(31)28-13-6-4-12(5-7-13)10-16(23(34)35)29-21(32)18-19(37-11-36-18)22(33)30-24-27-8-9-38-24/h1-9,16,18-19H,10-11H2,(H,28,31)(H,29,32)(H,34,35)(H,27,30,33)/t16-,18+,19+/m0/s1. The van der Waals surface area contributed by atoms with Gasteiger partial charge in [-0.3, -0.25) is 19.7 Å². The van der Waals surface area contributed by atoms with Gasteiger partial charge in [-0.1, -0.05) is 41.4 Å². The van der Waals surface area contributed by atoms with Crippen LogP contribution < -0.4 is 16.0 Å². The zero-order valence-electron chi connectivity index (χ0n) is 19.4. The lowest BCUT2D eigenvalue weighted by molar-refractivity contribution is -0.144. The molecule has 38 heavy (non-hydrogen) atoms. The van der Waals surface area contributed by atoms with E-state index >= 15 is 0 Å². The molecule has 4 N–H and O–H groups in total. The van der Waals surface area contributed by atoms with Crippen LogP contribution in [0.2, 0.25) is 10.0 Å². The van der Waals surface area contributed by atoms with E-state index in [4.69, 9.17) is 32.7 Å². The molecule has 0 spiro atoms. The molecule has 0 radical (unpaired) electrons. The Morgan fingerprint density at radius 3 is 2.26 bits per heavy atom. The normalized spacial score (nSPS) is 17.4. The molecule has 3 aromatic rings. The monoisotopic (exact) mass is 578 g/mol. The SMILES string of the molecule is O=C(Nc1ccc(C[C@H](NC(=O)[C@@H]2OCO[C@H]2C(=O)Nc2nccs2)C(=O)O)cc1)c1c(Cl)cccc1Cl. The summed E-state index contributed by atoms with van der Waals surface area (Å²) in [6.07, 6.45) is -1.19. The Hall–Kier alpha value is -3.55. The van der Waals surface area contributed by atoms with Crippen LogP contribution in [0, 0.1) is 0 Å². The minimum absolute atomic E-state index is 0.0742. The van der Waals surface area contributed by atoms with Gasteiger partial charge in [0.25, 0.3) is 17.7 Å². The highest BCUT2D eigenvalue weighted by Crippen LogP contribution is 2.25. The van der Waals surface area contributed by atoms with Crippen LogP contribution in [0.15, 0.2) is 54.0 Å². The number of nitrogens with zero attached hydrogens (tertiary/aromatic N) is 1. The highest BCUT2D eigenvalue weighted by molar-refractivity contribution is 7.13. The first kappa shape index (κ1) is 27.5. The minimum Gasteiger partial charge on any atom is -0.480 e. The van der Waals surface area contributed by atoms with Crippen LogP contribution in [0.3, 0.4) is 0 Å². The van der Waals surface area contributed by atoms with Crippen molar-refractivity contribution >= 4 is 69.0 Å². The molecule has 1 fully saturated rings. The highest BCUT2D eigenvalue weighted by Gasteiger charge is 2.42. The van der Waals surface area contributed by atoms with Crippen molar-refractivity contribution in [2.24, 2.45) is 0 Å². The highest BCUT2D eigenvalue weighted by atomic mass is 35.5. The quantitative estimate of drug-likeness (QED) is 0.301. The molecule has 0 bridgehead atoms. The van der Waals surface area contributed by atoms with Crippen molar-refractivity contribution in [3.8, 4) is 0 Å². The Kier molecular flexibility index (Phi) is 8.92. The van der Waals surface area contributed by atoms with Crippen molar-refractivity contribution in [1.82, 2.24) is 10.3 Å². The number of carboxylic acid groups (broad SMARTS) is 1. The van der Waals surface area contributed by atoms with E-state index in [1.165, 1.54) is 17.5 Å². The number of carbonyl (C=O) groups excluding carboxylic acids is 3. The van der Waals surface area contributed by atoms with E-state index in [-0.39, 0.29) is 28.8 Å². The van der Waals surface area contributed by atoms with Gasteiger partial charge in [0, 0.05) is 23.7 Å². The summed E-state index contributed by atoms with van der Waals surface area (Å²) < 4.78 is 10.5. The third kappa shape index (κ3) is 6.65. The van der Waals surface area contributed by atoms with Crippen molar-refractivity contribution in [1.29, 1.82) is 0 Å². The van der Waals surface area contributed by atoms with Crippen LogP contribution >= 0.6 is 34.5 Å². The van der Waals surface area contributed by atoms with Gasteiger partial charge in [0.15, 0.2) is 17.3 Å². The van der Waals surface area contributed by atoms with Gasteiger partial charge in [-0.05, 0) is 29.8 Å². The number of benzene rings is 2. The summed E-state index contributed by atoms with van der Waals surface area (Å²) in [7, 11) is 0. The van der Waals surface area contributed by atoms with Crippen LogP contribution in [-0.4, -0.2) is 58.8 Å². The van der Waals surface area contributed by atoms with Gasteiger partial charge < -0.3 is 25.2 Å². The zero-order valence-corrected chi connectivity index (χ0v) is 21.7. The lowest BCUT2D eigenvalue weighted by atomic mass is 10.0. The van der Waals surface area contributed by atoms with Crippen LogP contribution in [0.4, 0.5) is 10.8 Å². The number of anilines is 2. The van der Waals surface area contributed by atoms with Gasteiger partial charge in [0.05, 0.1) is 15.6 Å². The Morgan fingerprint density at radius 1 is 1.00 bits per heavy atom. The summed E-state index contributed by atoms with van der Waals surface area (Å²) in [5.41, 5.74) is 1.12. The number of hydrogen-bond acceptors (Lipinski definition) is 8. The molecule has 198 valence electrons. The molecular weight excluding hydrogens is 559 g/mol. The molecule has 0 unspecified atom stereocenters. The van der Waals surface area contributed by atoms with Gasteiger partial charge in [-0.2, -0.15) is 0 Å². The van der Waals surface area contributed by atoms with Crippen LogP contribution in [0.1, 0.15) is 15.9 Å². The first-order chi connectivity index (χ1) is 18.2. The summed E-state index contributed by atoms with van der Waals surface area (Å²) in [6, 6.07) is 9.75. The largest absolute Gasteiger partial charge is 0.480 e. The first-order valence-electron chi connectivity index (χ1n) is 11.0. The molecule has 1 aromatic heterocycles. The maximum absolute atomic E-state index is 12.8. The van der Waals surface area contributed by atoms with E-state index in [0.29, 0.717) is 16.4 Å². The molecule has 2 aromatic carbocycles. The molecule has 11 nitrogen and oxygen atoms in total. The molecule has 14 heteroatoms. The average molecular weight is 579 g/mol. The van der Waals surface area contributed by atoms with Gasteiger partial charge >= 0.3 is 5.97 Å². The van der Waals surface area contributed by atoms with Gasteiger partial charge in [0.2, 0.25) is 0 Å². The molecule has 0 aliphatic carbocycles. The van der Waals surface area contributed by atoms with E-state index in [1.54, 1.807) is 47.8 Å². The van der Waals surface area contributed by atoms with Crippen LogP contribution in [-0.2, 0) is 30.3 Å². The molecule has 3 amide bonds. The van der Waals surface area contributed by atoms with Crippen molar-refractivity contribution < 1.29 is 33.8 Å². The topological polar surface area (TPSA) is 156 Å². The van der Waals surface area contributed by atoms with Crippen molar-refractivity contribution in [2.75, 3.05) is 17.4 Å². The predicted octanol–water partition coefficient (Wildman–Crippen LogP) is 3.19. The first-order valence-corrected chi connectivity index (χ1v) is 12.7. The van der Waals surface area contributed by atoms with Crippen molar-refractivity contribution in [2.45, 2.75) is 24.7 Å². The van der Waals surface area contributed by atoms with E-state index < -0.39 is 41.9 Å². The molecule has 0 saturated carbocycles. The molecule has 2 heterocycles. The van der Waals surface area contributed by atoms with Crippen molar-refractivity contribution in [3.63, 3.8) is 0 Å². The molecule has 3 atom stereocenters. The number of amides is 3. The number of rotatable bonds is 9. The van der Waals surface area contributed by atoms with Crippen LogP contribution in [0.5, 0.6) is 0 Å². The Balaban J connectivity index is 1.37. The van der Waals surface area contributed by atoms with E-state index in [1.807, 2.05) is 0 Å². The fraction of sp³-hybridized carbons (Fsp3) is 0.208. The number of hydrogen-bond donors (Lipinski definition) is 4.